The van der Waals surface area contributed by atoms with E-state index < -0.39 is 11.6 Å². The number of hydrogen-bond acceptors (Lipinski definition) is 2. The molecule has 16 heavy (non-hydrogen) atoms. The lowest BCUT2D eigenvalue weighted by Crippen LogP contribution is -2.45. The van der Waals surface area contributed by atoms with Gasteiger partial charge in [0.05, 0.1) is 6.42 Å². The van der Waals surface area contributed by atoms with Crippen molar-refractivity contribution in [2.75, 3.05) is 0 Å². The number of aliphatic carboxylic acids is 1. The second-order valence-electron chi connectivity index (χ2n) is 4.16. The van der Waals surface area contributed by atoms with Crippen molar-refractivity contribution in [2.24, 2.45) is 0 Å². The maximum absolute atomic E-state index is 12.7. The van der Waals surface area contributed by atoms with Crippen LogP contribution in [0.4, 0.5) is 4.39 Å². The SMILES string of the molecule is O=C(O)CC1(Oc2ccc(F)cc2)CCC1. The highest BCUT2D eigenvalue weighted by Crippen LogP contribution is 2.39. The summed E-state index contributed by atoms with van der Waals surface area (Å²) >= 11 is 0. The molecule has 0 aromatic heterocycles. The van der Waals surface area contributed by atoms with Crippen molar-refractivity contribution in [3.63, 3.8) is 0 Å². The van der Waals surface area contributed by atoms with E-state index in [1.54, 1.807) is 0 Å². The van der Waals surface area contributed by atoms with Crippen molar-refractivity contribution in [1.29, 1.82) is 0 Å². The van der Waals surface area contributed by atoms with E-state index in [-0.39, 0.29) is 12.2 Å². The summed E-state index contributed by atoms with van der Waals surface area (Å²) in [4.78, 5) is 10.7. The van der Waals surface area contributed by atoms with E-state index in [1.807, 2.05) is 0 Å². The van der Waals surface area contributed by atoms with Crippen molar-refractivity contribution in [2.45, 2.75) is 31.3 Å². The van der Waals surface area contributed by atoms with Gasteiger partial charge in [0.2, 0.25) is 0 Å². The van der Waals surface area contributed by atoms with Crippen LogP contribution in [-0.2, 0) is 4.79 Å². The average molecular weight is 224 g/mol. The first kappa shape index (κ1) is 10.9. The third kappa shape index (κ3) is 2.32. The molecule has 0 spiro atoms. The van der Waals surface area contributed by atoms with Gasteiger partial charge in [-0.2, -0.15) is 0 Å². The minimum Gasteiger partial charge on any atom is -0.487 e. The van der Waals surface area contributed by atoms with Gasteiger partial charge in [-0.05, 0) is 43.5 Å². The fraction of sp³-hybridized carbons (Fsp3) is 0.417. The topological polar surface area (TPSA) is 46.5 Å². The summed E-state index contributed by atoms with van der Waals surface area (Å²) in [6, 6.07) is 5.67. The summed E-state index contributed by atoms with van der Waals surface area (Å²) in [5.74, 6) is -0.655. The number of carbonyl (C=O) groups is 1. The highest BCUT2D eigenvalue weighted by atomic mass is 19.1. The number of ether oxygens (including phenoxy) is 1. The lowest BCUT2D eigenvalue weighted by atomic mass is 9.77. The van der Waals surface area contributed by atoms with Crippen LogP contribution >= 0.6 is 0 Å². The predicted octanol–water partition coefficient (Wildman–Crippen LogP) is 2.60. The Morgan fingerprint density at radius 2 is 2.00 bits per heavy atom. The van der Waals surface area contributed by atoms with Crippen molar-refractivity contribution in [3.8, 4) is 5.75 Å². The average Bonchev–Trinajstić information content (AvgIpc) is 2.17. The standard InChI is InChI=1S/C12H13FO3/c13-9-2-4-10(5-3-9)16-12(6-1-7-12)8-11(14)15/h2-5H,1,6-8H2,(H,14,15). The van der Waals surface area contributed by atoms with E-state index in [4.69, 9.17) is 9.84 Å². The molecule has 4 heteroatoms. The molecular weight excluding hydrogens is 211 g/mol. The van der Waals surface area contributed by atoms with Gasteiger partial charge in [-0.1, -0.05) is 0 Å². The molecule has 0 atom stereocenters. The molecule has 0 radical (unpaired) electrons. The second-order valence-corrected chi connectivity index (χ2v) is 4.16. The van der Waals surface area contributed by atoms with Gasteiger partial charge in [0.15, 0.2) is 0 Å². The van der Waals surface area contributed by atoms with E-state index >= 15 is 0 Å². The Labute approximate surface area is 92.9 Å². The van der Waals surface area contributed by atoms with Crippen molar-refractivity contribution >= 4 is 5.97 Å². The molecule has 0 amide bonds. The number of rotatable bonds is 4. The van der Waals surface area contributed by atoms with Crippen LogP contribution in [0.1, 0.15) is 25.7 Å². The summed E-state index contributed by atoms with van der Waals surface area (Å²) in [5, 5.41) is 8.80. The van der Waals surface area contributed by atoms with Gasteiger partial charge in [0.25, 0.3) is 0 Å². The van der Waals surface area contributed by atoms with Crippen molar-refractivity contribution in [1.82, 2.24) is 0 Å². The summed E-state index contributed by atoms with van der Waals surface area (Å²) in [7, 11) is 0. The van der Waals surface area contributed by atoms with Crippen LogP contribution in [0.15, 0.2) is 24.3 Å². The lowest BCUT2D eigenvalue weighted by Gasteiger charge is -2.40. The Kier molecular flexibility index (Phi) is 2.81. The van der Waals surface area contributed by atoms with E-state index in [1.165, 1.54) is 24.3 Å². The third-order valence-electron chi connectivity index (χ3n) is 2.89. The maximum Gasteiger partial charge on any atom is 0.307 e. The quantitative estimate of drug-likeness (QED) is 0.855. The molecule has 0 bridgehead atoms. The summed E-state index contributed by atoms with van der Waals surface area (Å²) < 4.78 is 18.3. The summed E-state index contributed by atoms with van der Waals surface area (Å²) in [5.41, 5.74) is -0.580. The highest BCUT2D eigenvalue weighted by molar-refractivity contribution is 5.68. The summed E-state index contributed by atoms with van der Waals surface area (Å²) in [6.45, 7) is 0. The Morgan fingerprint density at radius 1 is 1.38 bits per heavy atom. The predicted molar refractivity (Wildman–Crippen MR) is 55.9 cm³/mol. The van der Waals surface area contributed by atoms with Gasteiger partial charge in [-0.3, -0.25) is 4.79 Å². The molecule has 1 aliphatic carbocycles. The fourth-order valence-electron chi connectivity index (χ4n) is 1.91. The van der Waals surface area contributed by atoms with E-state index in [0.717, 1.165) is 19.3 Å². The van der Waals surface area contributed by atoms with Gasteiger partial charge in [-0.15, -0.1) is 0 Å². The molecule has 1 aromatic rings. The first-order valence-corrected chi connectivity index (χ1v) is 5.26. The van der Waals surface area contributed by atoms with Crippen molar-refractivity contribution in [3.05, 3.63) is 30.1 Å². The highest BCUT2D eigenvalue weighted by Gasteiger charge is 2.41. The van der Waals surface area contributed by atoms with Crippen LogP contribution in [0.3, 0.4) is 0 Å². The molecular formula is C12H13FO3. The van der Waals surface area contributed by atoms with E-state index in [9.17, 15) is 9.18 Å². The number of hydrogen-bond donors (Lipinski definition) is 1. The van der Waals surface area contributed by atoms with Crippen LogP contribution < -0.4 is 4.74 Å². The number of benzene rings is 1. The molecule has 1 aromatic carbocycles. The Morgan fingerprint density at radius 3 is 2.44 bits per heavy atom. The van der Waals surface area contributed by atoms with Crippen LogP contribution in [-0.4, -0.2) is 16.7 Å². The number of halogens is 1. The van der Waals surface area contributed by atoms with Crippen LogP contribution in [0.25, 0.3) is 0 Å². The smallest absolute Gasteiger partial charge is 0.307 e. The Hall–Kier alpha value is -1.58. The fourth-order valence-corrected chi connectivity index (χ4v) is 1.91. The third-order valence-corrected chi connectivity index (χ3v) is 2.89. The molecule has 0 unspecified atom stereocenters. The van der Waals surface area contributed by atoms with Crippen LogP contribution in [0, 0.1) is 5.82 Å². The molecule has 0 aliphatic heterocycles. The zero-order chi connectivity index (χ0) is 11.6. The van der Waals surface area contributed by atoms with Crippen molar-refractivity contribution < 1.29 is 19.0 Å². The normalized spacial score (nSPS) is 17.6. The van der Waals surface area contributed by atoms with Gasteiger partial charge in [0.1, 0.15) is 17.2 Å². The molecule has 0 heterocycles. The molecule has 86 valence electrons. The number of carboxylic acid groups (broad SMARTS) is 1. The molecule has 1 saturated carbocycles. The molecule has 3 nitrogen and oxygen atoms in total. The first-order chi connectivity index (χ1) is 7.60. The molecule has 1 fully saturated rings. The zero-order valence-corrected chi connectivity index (χ0v) is 8.78. The largest absolute Gasteiger partial charge is 0.487 e. The summed E-state index contributed by atoms with van der Waals surface area (Å²) in [6.07, 6.45) is 2.48. The van der Waals surface area contributed by atoms with Gasteiger partial charge < -0.3 is 9.84 Å². The zero-order valence-electron chi connectivity index (χ0n) is 8.78. The molecule has 1 N–H and O–H groups in total. The molecule has 1 aliphatic rings. The second kappa shape index (κ2) is 4.12. The van der Waals surface area contributed by atoms with Gasteiger partial charge in [-0.25, -0.2) is 4.39 Å². The Bertz CT molecular complexity index is 382. The van der Waals surface area contributed by atoms with E-state index in [2.05, 4.69) is 0 Å². The minimum absolute atomic E-state index is 0.00434. The van der Waals surface area contributed by atoms with Gasteiger partial charge in [0, 0.05) is 0 Å². The molecule has 2 rings (SSSR count). The van der Waals surface area contributed by atoms with Crippen LogP contribution in [0.5, 0.6) is 5.75 Å². The van der Waals surface area contributed by atoms with Gasteiger partial charge >= 0.3 is 5.97 Å². The van der Waals surface area contributed by atoms with Crippen LogP contribution in [0.2, 0.25) is 0 Å². The lowest BCUT2D eigenvalue weighted by molar-refractivity contribution is -0.144. The first-order valence-electron chi connectivity index (χ1n) is 5.26. The monoisotopic (exact) mass is 224 g/mol. The number of carboxylic acids is 1. The van der Waals surface area contributed by atoms with E-state index in [0.29, 0.717) is 5.75 Å². The maximum atomic E-state index is 12.7. The Balaban J connectivity index is 2.06. The molecule has 0 saturated heterocycles. The minimum atomic E-state index is -0.859.